The fourth-order valence-corrected chi connectivity index (χ4v) is 4.45. The molecule has 0 radical (unpaired) electrons. The maximum absolute atomic E-state index is 12.5. The fraction of sp³-hybridized carbons (Fsp3) is 0.368. The largest absolute Gasteiger partial charge is 0.342 e. The third-order valence-corrected chi connectivity index (χ3v) is 6.06. The average Bonchev–Trinajstić information content (AvgIpc) is 3.11. The summed E-state index contributed by atoms with van der Waals surface area (Å²) in [7, 11) is 0. The summed E-state index contributed by atoms with van der Waals surface area (Å²) in [6.45, 7) is 3.90. The van der Waals surface area contributed by atoms with Crippen molar-refractivity contribution in [2.45, 2.75) is 24.8 Å². The van der Waals surface area contributed by atoms with Crippen molar-refractivity contribution in [3.05, 3.63) is 41.8 Å². The first-order valence-corrected chi connectivity index (χ1v) is 10.3. The van der Waals surface area contributed by atoms with Gasteiger partial charge in [-0.15, -0.1) is 0 Å². The van der Waals surface area contributed by atoms with E-state index in [0.29, 0.717) is 22.3 Å². The summed E-state index contributed by atoms with van der Waals surface area (Å²) in [6.07, 6.45) is 5.52. The number of hydrogen-bond acceptors (Lipinski definition) is 5. The summed E-state index contributed by atoms with van der Waals surface area (Å²) >= 11 is 7.73. The van der Waals surface area contributed by atoms with Crippen LogP contribution >= 0.6 is 23.4 Å². The predicted octanol–water partition coefficient (Wildman–Crippen LogP) is 3.82. The Kier molecular flexibility index (Phi) is 5.31. The average molecular weight is 402 g/mol. The third kappa shape index (κ3) is 3.80. The molecule has 0 saturated carbocycles. The Balaban J connectivity index is 1.55. The number of nitrogens with zero attached hydrogens (tertiary/aromatic N) is 5. The molecule has 3 heterocycles. The molecule has 1 fully saturated rings. The summed E-state index contributed by atoms with van der Waals surface area (Å²) in [5.74, 6) is 1.11. The number of piperidine rings is 1. The lowest BCUT2D eigenvalue weighted by Crippen LogP contribution is -2.40. The third-order valence-electron chi connectivity index (χ3n) is 4.75. The minimum Gasteiger partial charge on any atom is -0.342 e. The molecule has 1 amide bonds. The van der Waals surface area contributed by atoms with Crippen molar-refractivity contribution in [1.82, 2.24) is 24.6 Å². The predicted molar refractivity (Wildman–Crippen MR) is 107 cm³/mol. The number of halogens is 1. The summed E-state index contributed by atoms with van der Waals surface area (Å²) in [5.41, 5.74) is 1.45. The van der Waals surface area contributed by atoms with E-state index in [-0.39, 0.29) is 5.91 Å². The van der Waals surface area contributed by atoms with E-state index in [9.17, 15) is 4.79 Å². The number of carbonyl (C=O) groups is 1. The van der Waals surface area contributed by atoms with E-state index < -0.39 is 0 Å². The zero-order valence-corrected chi connectivity index (χ0v) is 16.6. The van der Waals surface area contributed by atoms with Crippen molar-refractivity contribution < 1.29 is 4.79 Å². The Hall–Kier alpha value is -2.12. The molecule has 0 bridgehead atoms. The maximum Gasteiger partial charge on any atom is 0.232 e. The van der Waals surface area contributed by atoms with Gasteiger partial charge in [-0.1, -0.05) is 42.4 Å². The summed E-state index contributed by atoms with van der Waals surface area (Å²) in [6, 6.07) is 7.50. The first-order chi connectivity index (χ1) is 13.1. The standard InChI is InChI=1S/C19H20ClN5OS/c1-13-5-4-8-24(10-13)17(26)11-27-19-14-9-23-25(18(14)21-12-22-19)16-7-3-2-6-15(16)20/h2-3,6-7,9,12-13H,4-5,8,10-11H2,1H3. The van der Waals surface area contributed by atoms with Gasteiger partial charge in [0.1, 0.15) is 11.4 Å². The summed E-state index contributed by atoms with van der Waals surface area (Å²) < 4.78 is 1.71. The number of amides is 1. The molecule has 1 aliphatic heterocycles. The Bertz CT molecular complexity index is 976. The molecule has 6 nitrogen and oxygen atoms in total. The van der Waals surface area contributed by atoms with Crippen LogP contribution in [0.15, 0.2) is 41.8 Å². The number of thioether (sulfide) groups is 1. The second-order valence-corrected chi connectivity index (χ2v) is 8.17. The molecule has 1 aromatic carbocycles. The van der Waals surface area contributed by atoms with E-state index in [2.05, 4.69) is 22.0 Å². The molecule has 2 aromatic heterocycles. The monoisotopic (exact) mass is 401 g/mol. The zero-order chi connectivity index (χ0) is 18.8. The number of aromatic nitrogens is 4. The van der Waals surface area contributed by atoms with Crippen LogP contribution in [0, 0.1) is 5.92 Å². The van der Waals surface area contributed by atoms with E-state index in [1.54, 1.807) is 10.9 Å². The van der Waals surface area contributed by atoms with Gasteiger partial charge in [-0.2, -0.15) is 5.10 Å². The minimum absolute atomic E-state index is 0.164. The molecular weight excluding hydrogens is 382 g/mol. The van der Waals surface area contributed by atoms with Gasteiger partial charge in [0.15, 0.2) is 5.65 Å². The number of carbonyl (C=O) groups excluding carboxylic acids is 1. The highest BCUT2D eigenvalue weighted by molar-refractivity contribution is 8.00. The van der Waals surface area contributed by atoms with Gasteiger partial charge in [0.2, 0.25) is 5.91 Å². The molecule has 1 saturated heterocycles. The van der Waals surface area contributed by atoms with Crippen LogP contribution in [0.1, 0.15) is 19.8 Å². The van der Waals surface area contributed by atoms with Crippen molar-refractivity contribution in [2.75, 3.05) is 18.8 Å². The van der Waals surface area contributed by atoms with Gasteiger partial charge in [-0.3, -0.25) is 4.79 Å². The molecule has 140 valence electrons. The number of hydrogen-bond donors (Lipinski definition) is 0. The Morgan fingerprint density at radius 3 is 3.00 bits per heavy atom. The number of likely N-dealkylation sites (tertiary alicyclic amines) is 1. The van der Waals surface area contributed by atoms with Crippen LogP contribution < -0.4 is 0 Å². The lowest BCUT2D eigenvalue weighted by atomic mass is 10.0. The number of para-hydroxylation sites is 1. The van der Waals surface area contributed by atoms with Crippen LogP contribution in [0.2, 0.25) is 5.02 Å². The van der Waals surface area contributed by atoms with Gasteiger partial charge < -0.3 is 4.90 Å². The van der Waals surface area contributed by atoms with Crippen LogP contribution in [-0.4, -0.2) is 49.4 Å². The number of fused-ring (bicyclic) bond motifs is 1. The van der Waals surface area contributed by atoms with Crippen LogP contribution in [0.4, 0.5) is 0 Å². The lowest BCUT2D eigenvalue weighted by molar-refractivity contribution is -0.130. The SMILES string of the molecule is CC1CCCN(C(=O)CSc2ncnc3c2cnn3-c2ccccc2Cl)C1. The molecule has 1 unspecified atom stereocenters. The highest BCUT2D eigenvalue weighted by Gasteiger charge is 2.21. The van der Waals surface area contributed by atoms with Gasteiger partial charge in [0.05, 0.1) is 28.0 Å². The summed E-state index contributed by atoms with van der Waals surface area (Å²) in [5, 5.41) is 6.62. The van der Waals surface area contributed by atoms with Gasteiger partial charge in [0.25, 0.3) is 0 Å². The van der Waals surface area contributed by atoms with Crippen molar-refractivity contribution in [3.63, 3.8) is 0 Å². The van der Waals surface area contributed by atoms with E-state index in [0.717, 1.165) is 35.6 Å². The second-order valence-electron chi connectivity index (χ2n) is 6.80. The molecule has 8 heteroatoms. The molecule has 0 spiro atoms. The molecule has 27 heavy (non-hydrogen) atoms. The molecule has 4 rings (SSSR count). The molecule has 0 aliphatic carbocycles. The number of benzene rings is 1. The quantitative estimate of drug-likeness (QED) is 0.491. The van der Waals surface area contributed by atoms with Crippen molar-refractivity contribution >= 4 is 40.3 Å². The van der Waals surface area contributed by atoms with Gasteiger partial charge in [-0.25, -0.2) is 14.6 Å². The van der Waals surface area contributed by atoms with Crippen LogP contribution in [0.25, 0.3) is 16.7 Å². The minimum atomic E-state index is 0.164. The zero-order valence-electron chi connectivity index (χ0n) is 15.0. The Morgan fingerprint density at radius 2 is 2.19 bits per heavy atom. The van der Waals surface area contributed by atoms with Gasteiger partial charge in [-0.05, 0) is 30.9 Å². The summed E-state index contributed by atoms with van der Waals surface area (Å²) in [4.78, 5) is 23.2. The van der Waals surface area contributed by atoms with Gasteiger partial charge in [0, 0.05) is 13.1 Å². The molecule has 1 aliphatic rings. The molecule has 0 N–H and O–H groups in total. The lowest BCUT2D eigenvalue weighted by Gasteiger charge is -2.30. The Labute approximate surface area is 166 Å². The first kappa shape index (κ1) is 18.3. The second kappa shape index (κ2) is 7.86. The van der Waals surface area contributed by atoms with E-state index >= 15 is 0 Å². The first-order valence-electron chi connectivity index (χ1n) is 8.97. The van der Waals surface area contributed by atoms with Crippen LogP contribution in [0.3, 0.4) is 0 Å². The van der Waals surface area contributed by atoms with E-state index in [1.165, 1.54) is 24.5 Å². The van der Waals surface area contributed by atoms with Crippen LogP contribution in [0.5, 0.6) is 0 Å². The molecular formula is C19H20ClN5OS. The number of rotatable bonds is 4. The highest BCUT2D eigenvalue weighted by atomic mass is 35.5. The fourth-order valence-electron chi connectivity index (χ4n) is 3.37. The van der Waals surface area contributed by atoms with Crippen LogP contribution in [-0.2, 0) is 4.79 Å². The molecule has 3 aromatic rings. The topological polar surface area (TPSA) is 63.9 Å². The smallest absolute Gasteiger partial charge is 0.232 e. The van der Waals surface area contributed by atoms with Crippen molar-refractivity contribution in [3.8, 4) is 5.69 Å². The van der Waals surface area contributed by atoms with E-state index in [1.807, 2.05) is 29.2 Å². The Morgan fingerprint density at radius 1 is 1.33 bits per heavy atom. The maximum atomic E-state index is 12.5. The van der Waals surface area contributed by atoms with Gasteiger partial charge >= 0.3 is 0 Å². The molecule has 1 atom stereocenters. The van der Waals surface area contributed by atoms with Crippen molar-refractivity contribution in [1.29, 1.82) is 0 Å². The highest BCUT2D eigenvalue weighted by Crippen LogP contribution is 2.28. The van der Waals surface area contributed by atoms with E-state index in [4.69, 9.17) is 11.6 Å². The van der Waals surface area contributed by atoms with Crippen molar-refractivity contribution in [2.24, 2.45) is 5.92 Å². The normalized spacial score (nSPS) is 17.4.